The first-order valence-electron chi connectivity index (χ1n) is 6.97. The minimum absolute atomic E-state index is 0.0117. The van der Waals surface area contributed by atoms with Gasteiger partial charge >= 0.3 is 0 Å². The molecule has 0 heterocycles. The van der Waals surface area contributed by atoms with Crippen molar-refractivity contribution in [3.63, 3.8) is 0 Å². The van der Waals surface area contributed by atoms with Gasteiger partial charge in [-0.05, 0) is 37.7 Å². The summed E-state index contributed by atoms with van der Waals surface area (Å²) in [6.45, 7) is 0.155. The number of aliphatic hydroxyl groups excluding tert-OH is 1. The Kier molecular flexibility index (Phi) is 5.16. The first kappa shape index (κ1) is 13.8. The van der Waals surface area contributed by atoms with Gasteiger partial charge in [0.2, 0.25) is 5.91 Å². The van der Waals surface area contributed by atoms with Crippen molar-refractivity contribution in [3.05, 3.63) is 47.5 Å². The smallest absolute Gasteiger partial charge is 0.247 e. The van der Waals surface area contributed by atoms with E-state index in [1.807, 2.05) is 36.4 Å². The van der Waals surface area contributed by atoms with E-state index in [0.29, 0.717) is 6.42 Å². The Balaban J connectivity index is 2.03. The van der Waals surface area contributed by atoms with Crippen LogP contribution in [0.4, 0.5) is 0 Å². The Bertz CT molecular complexity index is 439. The lowest BCUT2D eigenvalue weighted by Crippen LogP contribution is -2.29. The molecule has 0 bridgehead atoms. The van der Waals surface area contributed by atoms with Gasteiger partial charge in [-0.3, -0.25) is 4.79 Å². The van der Waals surface area contributed by atoms with Gasteiger partial charge < -0.3 is 10.4 Å². The molecule has 3 heteroatoms. The number of aliphatic hydroxyl groups is 1. The number of carbonyl (C=O) groups excluding carboxylic acids is 1. The van der Waals surface area contributed by atoms with Gasteiger partial charge in [-0.25, -0.2) is 0 Å². The van der Waals surface area contributed by atoms with E-state index in [-0.39, 0.29) is 18.6 Å². The molecule has 0 fully saturated rings. The van der Waals surface area contributed by atoms with Crippen molar-refractivity contribution in [2.75, 3.05) is 6.61 Å². The fourth-order valence-electron chi connectivity index (χ4n) is 2.43. The van der Waals surface area contributed by atoms with Crippen molar-refractivity contribution in [3.8, 4) is 0 Å². The first-order chi connectivity index (χ1) is 9.31. The van der Waals surface area contributed by atoms with Crippen molar-refractivity contribution < 1.29 is 9.90 Å². The highest BCUT2D eigenvalue weighted by atomic mass is 16.3. The van der Waals surface area contributed by atoms with E-state index >= 15 is 0 Å². The molecule has 1 aliphatic carbocycles. The Hall–Kier alpha value is -1.61. The molecule has 1 aliphatic rings. The van der Waals surface area contributed by atoms with E-state index in [4.69, 9.17) is 5.11 Å². The van der Waals surface area contributed by atoms with Crippen LogP contribution in [-0.2, 0) is 4.79 Å². The molecule has 0 unspecified atom stereocenters. The van der Waals surface area contributed by atoms with E-state index in [2.05, 4.69) is 5.32 Å². The minimum Gasteiger partial charge on any atom is -0.396 e. The second-order valence-corrected chi connectivity index (χ2v) is 4.92. The van der Waals surface area contributed by atoms with Gasteiger partial charge in [-0.15, -0.1) is 0 Å². The van der Waals surface area contributed by atoms with Crippen molar-refractivity contribution in [1.82, 2.24) is 5.32 Å². The second kappa shape index (κ2) is 7.10. The van der Waals surface area contributed by atoms with Gasteiger partial charge in [-0.2, -0.15) is 0 Å². The summed E-state index contributed by atoms with van der Waals surface area (Å²) < 4.78 is 0. The fourth-order valence-corrected chi connectivity index (χ4v) is 2.43. The molecule has 3 nitrogen and oxygen atoms in total. The van der Waals surface area contributed by atoms with Gasteiger partial charge in [0.15, 0.2) is 0 Å². The third kappa shape index (κ3) is 3.93. The molecule has 19 heavy (non-hydrogen) atoms. The molecule has 0 aliphatic heterocycles. The van der Waals surface area contributed by atoms with Crippen molar-refractivity contribution in [1.29, 1.82) is 0 Å². The lowest BCUT2D eigenvalue weighted by Gasteiger charge is -2.19. The molecule has 1 aromatic carbocycles. The molecule has 0 radical (unpaired) electrons. The Morgan fingerprint density at radius 3 is 2.74 bits per heavy atom. The van der Waals surface area contributed by atoms with E-state index < -0.39 is 0 Å². The Morgan fingerprint density at radius 2 is 2.11 bits per heavy atom. The number of benzene rings is 1. The number of hydrogen-bond acceptors (Lipinski definition) is 2. The highest BCUT2D eigenvalue weighted by Gasteiger charge is 2.18. The zero-order valence-electron chi connectivity index (χ0n) is 11.1. The summed E-state index contributed by atoms with van der Waals surface area (Å²) in [5.41, 5.74) is 2.01. The fraction of sp³-hybridized carbons (Fsp3) is 0.438. The van der Waals surface area contributed by atoms with Crippen LogP contribution in [0.5, 0.6) is 0 Å². The number of nitrogens with one attached hydrogen (secondary N) is 1. The topological polar surface area (TPSA) is 49.3 Å². The summed E-state index contributed by atoms with van der Waals surface area (Å²) in [5, 5.41) is 12.1. The summed E-state index contributed by atoms with van der Waals surface area (Å²) in [6.07, 6.45) is 6.46. The molecule has 0 spiro atoms. The number of hydrogen-bond donors (Lipinski definition) is 2. The number of rotatable bonds is 6. The first-order valence-corrected chi connectivity index (χ1v) is 6.97. The number of allylic oxidation sites excluding steroid dienone is 1. The third-order valence-electron chi connectivity index (χ3n) is 3.49. The molecule has 102 valence electrons. The summed E-state index contributed by atoms with van der Waals surface area (Å²) in [6, 6.07) is 9.94. The van der Waals surface area contributed by atoms with Crippen molar-refractivity contribution >= 4 is 5.91 Å². The van der Waals surface area contributed by atoms with E-state index in [9.17, 15) is 4.79 Å². The molecule has 1 aromatic rings. The number of amides is 1. The van der Waals surface area contributed by atoms with Crippen LogP contribution in [0, 0.1) is 0 Å². The second-order valence-electron chi connectivity index (χ2n) is 4.92. The van der Waals surface area contributed by atoms with Gasteiger partial charge in [0.05, 0.1) is 6.04 Å². The van der Waals surface area contributed by atoms with Crippen LogP contribution < -0.4 is 5.32 Å². The molecule has 0 saturated carbocycles. The number of carbonyl (C=O) groups is 1. The largest absolute Gasteiger partial charge is 0.396 e. The molecule has 2 rings (SSSR count). The normalized spacial score (nSPS) is 15.9. The molecule has 0 aromatic heterocycles. The van der Waals surface area contributed by atoms with Crippen LogP contribution in [-0.4, -0.2) is 17.6 Å². The molecule has 1 atom stereocenters. The minimum atomic E-state index is -0.0117. The van der Waals surface area contributed by atoms with Gasteiger partial charge in [0.1, 0.15) is 0 Å². The van der Waals surface area contributed by atoms with E-state index in [0.717, 1.165) is 36.8 Å². The van der Waals surface area contributed by atoms with Crippen LogP contribution in [0.2, 0.25) is 0 Å². The molecule has 0 saturated heterocycles. The monoisotopic (exact) mass is 259 g/mol. The SMILES string of the molecule is O=C(N[C@H](CCCO)c1ccccc1)C1=CCCC1. The summed E-state index contributed by atoms with van der Waals surface area (Å²) in [5.74, 6) is 0.0456. The summed E-state index contributed by atoms with van der Waals surface area (Å²) in [7, 11) is 0. The zero-order valence-corrected chi connectivity index (χ0v) is 11.1. The lowest BCUT2D eigenvalue weighted by atomic mass is 10.0. The highest BCUT2D eigenvalue weighted by molar-refractivity contribution is 5.94. The standard InChI is InChI=1S/C16H21NO2/c18-12-6-11-15(13-7-2-1-3-8-13)17-16(19)14-9-4-5-10-14/h1-3,7-9,15,18H,4-6,10-12H2,(H,17,19)/t15-/m1/s1. The average Bonchev–Trinajstić information content (AvgIpc) is 2.98. The maximum Gasteiger partial charge on any atom is 0.247 e. The van der Waals surface area contributed by atoms with Crippen LogP contribution in [0.1, 0.15) is 43.7 Å². The van der Waals surface area contributed by atoms with Crippen LogP contribution in [0.3, 0.4) is 0 Å². The predicted molar refractivity (Wildman–Crippen MR) is 75.6 cm³/mol. The van der Waals surface area contributed by atoms with Crippen LogP contribution >= 0.6 is 0 Å². The Morgan fingerprint density at radius 1 is 1.32 bits per heavy atom. The lowest BCUT2D eigenvalue weighted by molar-refractivity contribution is -0.118. The third-order valence-corrected chi connectivity index (χ3v) is 3.49. The summed E-state index contributed by atoms with van der Waals surface area (Å²) >= 11 is 0. The molecular weight excluding hydrogens is 238 g/mol. The average molecular weight is 259 g/mol. The van der Waals surface area contributed by atoms with E-state index in [1.165, 1.54) is 0 Å². The predicted octanol–water partition coefficient (Wildman–Crippen LogP) is 2.73. The quantitative estimate of drug-likeness (QED) is 0.825. The van der Waals surface area contributed by atoms with Crippen LogP contribution in [0.15, 0.2) is 42.0 Å². The molecule has 2 N–H and O–H groups in total. The van der Waals surface area contributed by atoms with Crippen LogP contribution in [0.25, 0.3) is 0 Å². The van der Waals surface area contributed by atoms with Gasteiger partial charge in [-0.1, -0.05) is 36.4 Å². The maximum absolute atomic E-state index is 12.2. The Labute approximate surface area is 114 Å². The van der Waals surface area contributed by atoms with Crippen molar-refractivity contribution in [2.24, 2.45) is 0 Å². The van der Waals surface area contributed by atoms with Crippen molar-refractivity contribution in [2.45, 2.75) is 38.1 Å². The maximum atomic E-state index is 12.2. The molecule has 1 amide bonds. The van der Waals surface area contributed by atoms with Gasteiger partial charge in [0, 0.05) is 12.2 Å². The molecular formula is C16H21NO2. The zero-order chi connectivity index (χ0) is 13.5. The van der Waals surface area contributed by atoms with Gasteiger partial charge in [0.25, 0.3) is 0 Å². The van der Waals surface area contributed by atoms with E-state index in [1.54, 1.807) is 0 Å². The summed E-state index contributed by atoms with van der Waals surface area (Å²) in [4.78, 5) is 12.2. The highest BCUT2D eigenvalue weighted by Crippen LogP contribution is 2.22.